The molecule has 20 heavy (non-hydrogen) atoms. The second kappa shape index (κ2) is 5.90. The first-order chi connectivity index (χ1) is 9.54. The molecule has 2 aromatic rings. The van der Waals surface area contributed by atoms with Crippen molar-refractivity contribution in [2.24, 2.45) is 0 Å². The molecule has 106 valence electrons. The number of benzene rings is 1. The zero-order valence-corrected chi connectivity index (χ0v) is 12.9. The minimum Gasteiger partial charge on any atom is -0.370 e. The fraction of sp³-hybridized carbons (Fsp3) is 0.375. The minimum atomic E-state index is 0.780. The van der Waals surface area contributed by atoms with E-state index >= 15 is 0 Å². The normalized spacial score (nSPS) is 10.4. The molecule has 4 heteroatoms. The molecule has 0 bridgehead atoms. The van der Waals surface area contributed by atoms with Crippen molar-refractivity contribution in [2.45, 2.75) is 27.7 Å². The maximum absolute atomic E-state index is 4.61. The Bertz CT molecular complexity index is 607. The first kappa shape index (κ1) is 14.3. The molecule has 0 amide bonds. The quantitative estimate of drug-likeness (QED) is 0.921. The number of para-hydroxylation sites is 1. The van der Waals surface area contributed by atoms with Crippen LogP contribution in [-0.4, -0.2) is 23.6 Å². The summed E-state index contributed by atoms with van der Waals surface area (Å²) in [5.41, 5.74) is 3.47. The van der Waals surface area contributed by atoms with Crippen molar-refractivity contribution in [3.63, 3.8) is 0 Å². The van der Waals surface area contributed by atoms with Crippen LogP contribution in [0, 0.1) is 20.8 Å². The maximum atomic E-state index is 4.61. The molecule has 0 saturated heterocycles. The summed E-state index contributed by atoms with van der Waals surface area (Å²) in [7, 11) is 2.05. The van der Waals surface area contributed by atoms with E-state index < -0.39 is 0 Å². The molecule has 0 saturated carbocycles. The van der Waals surface area contributed by atoms with Gasteiger partial charge in [0.15, 0.2) is 0 Å². The van der Waals surface area contributed by atoms with Gasteiger partial charge in [-0.3, -0.25) is 0 Å². The van der Waals surface area contributed by atoms with Crippen molar-refractivity contribution >= 4 is 17.3 Å². The summed E-state index contributed by atoms with van der Waals surface area (Å²) in [6.45, 7) is 9.02. The van der Waals surface area contributed by atoms with Crippen LogP contribution in [0.2, 0.25) is 0 Å². The van der Waals surface area contributed by atoms with Gasteiger partial charge in [-0.1, -0.05) is 18.2 Å². The number of hydrogen-bond donors (Lipinski definition) is 1. The number of aryl methyl sites for hydroxylation is 2. The van der Waals surface area contributed by atoms with Gasteiger partial charge < -0.3 is 10.2 Å². The lowest BCUT2D eigenvalue weighted by Crippen LogP contribution is -2.16. The molecule has 1 heterocycles. The SMILES string of the molecule is CCNc1nc(C)nc(N(C)c2ccccc2C)c1C. The lowest BCUT2D eigenvalue weighted by atomic mass is 10.1. The van der Waals surface area contributed by atoms with E-state index in [0.717, 1.165) is 35.3 Å². The molecule has 4 nitrogen and oxygen atoms in total. The smallest absolute Gasteiger partial charge is 0.141 e. The Morgan fingerprint density at radius 3 is 2.45 bits per heavy atom. The van der Waals surface area contributed by atoms with Gasteiger partial charge in [0.05, 0.1) is 0 Å². The Hall–Kier alpha value is -2.10. The van der Waals surface area contributed by atoms with E-state index in [4.69, 9.17) is 0 Å². The first-order valence-corrected chi connectivity index (χ1v) is 6.93. The molecule has 0 fully saturated rings. The molecular formula is C16H22N4. The molecule has 0 spiro atoms. The van der Waals surface area contributed by atoms with Gasteiger partial charge in [-0.2, -0.15) is 0 Å². The van der Waals surface area contributed by atoms with Crippen LogP contribution in [0.3, 0.4) is 0 Å². The Morgan fingerprint density at radius 1 is 1.10 bits per heavy atom. The molecule has 0 radical (unpaired) electrons. The zero-order valence-electron chi connectivity index (χ0n) is 12.9. The van der Waals surface area contributed by atoms with Crippen molar-refractivity contribution in [3.8, 4) is 0 Å². The number of nitrogens with one attached hydrogen (secondary N) is 1. The third kappa shape index (κ3) is 2.74. The largest absolute Gasteiger partial charge is 0.370 e. The van der Waals surface area contributed by atoms with Crippen LogP contribution in [0.4, 0.5) is 17.3 Å². The average molecular weight is 270 g/mol. The molecule has 1 aromatic heterocycles. The van der Waals surface area contributed by atoms with Crippen LogP contribution in [0.5, 0.6) is 0 Å². The van der Waals surface area contributed by atoms with Crippen molar-refractivity contribution in [1.82, 2.24) is 9.97 Å². The van der Waals surface area contributed by atoms with E-state index in [2.05, 4.69) is 59.2 Å². The van der Waals surface area contributed by atoms with Gasteiger partial charge in [0, 0.05) is 24.8 Å². The monoisotopic (exact) mass is 270 g/mol. The van der Waals surface area contributed by atoms with Crippen molar-refractivity contribution in [1.29, 1.82) is 0 Å². The molecule has 0 aliphatic rings. The van der Waals surface area contributed by atoms with Crippen LogP contribution in [0.15, 0.2) is 24.3 Å². The third-order valence-corrected chi connectivity index (χ3v) is 3.37. The van der Waals surface area contributed by atoms with E-state index in [1.165, 1.54) is 5.56 Å². The molecule has 0 atom stereocenters. The second-order valence-corrected chi connectivity index (χ2v) is 4.94. The summed E-state index contributed by atoms with van der Waals surface area (Å²) in [6.07, 6.45) is 0. The molecule has 2 rings (SSSR count). The Balaban J connectivity index is 2.49. The van der Waals surface area contributed by atoms with E-state index in [1.54, 1.807) is 0 Å². The average Bonchev–Trinajstić information content (AvgIpc) is 2.42. The third-order valence-electron chi connectivity index (χ3n) is 3.37. The summed E-state index contributed by atoms with van der Waals surface area (Å²) in [5.74, 6) is 2.64. The molecule has 0 unspecified atom stereocenters. The molecule has 1 aromatic carbocycles. The summed E-state index contributed by atoms with van der Waals surface area (Å²) in [5, 5.41) is 3.30. The first-order valence-electron chi connectivity index (χ1n) is 6.93. The van der Waals surface area contributed by atoms with Crippen LogP contribution in [0.1, 0.15) is 23.9 Å². The highest BCUT2D eigenvalue weighted by Crippen LogP contribution is 2.30. The fourth-order valence-corrected chi connectivity index (χ4v) is 2.33. The number of aromatic nitrogens is 2. The second-order valence-electron chi connectivity index (χ2n) is 4.94. The van der Waals surface area contributed by atoms with Crippen molar-refractivity contribution in [2.75, 3.05) is 23.8 Å². The molecular weight excluding hydrogens is 248 g/mol. The van der Waals surface area contributed by atoms with Crippen LogP contribution < -0.4 is 10.2 Å². The molecule has 0 aliphatic heterocycles. The molecule has 1 N–H and O–H groups in total. The van der Waals surface area contributed by atoms with Gasteiger partial charge in [-0.15, -0.1) is 0 Å². The van der Waals surface area contributed by atoms with E-state index in [0.29, 0.717) is 0 Å². The highest BCUT2D eigenvalue weighted by molar-refractivity contribution is 5.68. The highest BCUT2D eigenvalue weighted by atomic mass is 15.2. The van der Waals surface area contributed by atoms with Gasteiger partial charge in [-0.25, -0.2) is 9.97 Å². The van der Waals surface area contributed by atoms with Gasteiger partial charge in [0.1, 0.15) is 17.5 Å². The Morgan fingerprint density at radius 2 is 1.80 bits per heavy atom. The van der Waals surface area contributed by atoms with E-state index in [9.17, 15) is 0 Å². The van der Waals surface area contributed by atoms with Crippen LogP contribution in [0.25, 0.3) is 0 Å². The lowest BCUT2D eigenvalue weighted by Gasteiger charge is -2.23. The highest BCUT2D eigenvalue weighted by Gasteiger charge is 2.14. The predicted octanol–water partition coefficient (Wildman–Crippen LogP) is 3.60. The molecule has 0 aliphatic carbocycles. The van der Waals surface area contributed by atoms with E-state index in [1.807, 2.05) is 20.0 Å². The predicted molar refractivity (Wildman–Crippen MR) is 84.9 cm³/mol. The lowest BCUT2D eigenvalue weighted by molar-refractivity contribution is 0.980. The van der Waals surface area contributed by atoms with Crippen molar-refractivity contribution in [3.05, 3.63) is 41.2 Å². The summed E-state index contributed by atoms with van der Waals surface area (Å²) in [4.78, 5) is 11.2. The van der Waals surface area contributed by atoms with Gasteiger partial charge in [0.2, 0.25) is 0 Å². The summed E-state index contributed by atoms with van der Waals surface area (Å²) in [6, 6.07) is 8.32. The number of rotatable bonds is 4. The van der Waals surface area contributed by atoms with Crippen molar-refractivity contribution < 1.29 is 0 Å². The van der Waals surface area contributed by atoms with Gasteiger partial charge in [0.25, 0.3) is 0 Å². The Labute approximate surface area is 120 Å². The maximum Gasteiger partial charge on any atom is 0.141 e. The zero-order chi connectivity index (χ0) is 14.7. The number of hydrogen-bond acceptors (Lipinski definition) is 4. The van der Waals surface area contributed by atoms with Crippen LogP contribution in [-0.2, 0) is 0 Å². The number of anilines is 3. The summed E-state index contributed by atoms with van der Waals surface area (Å²) >= 11 is 0. The minimum absolute atomic E-state index is 0.780. The Kier molecular flexibility index (Phi) is 4.23. The van der Waals surface area contributed by atoms with E-state index in [-0.39, 0.29) is 0 Å². The fourth-order valence-electron chi connectivity index (χ4n) is 2.33. The van der Waals surface area contributed by atoms with Gasteiger partial charge in [-0.05, 0) is 39.3 Å². The summed E-state index contributed by atoms with van der Waals surface area (Å²) < 4.78 is 0. The van der Waals surface area contributed by atoms with Crippen LogP contribution >= 0.6 is 0 Å². The van der Waals surface area contributed by atoms with Gasteiger partial charge >= 0.3 is 0 Å². The topological polar surface area (TPSA) is 41.1 Å². The standard InChI is InChI=1S/C16H22N4/c1-6-17-15-12(3)16(19-13(4)18-15)20(5)14-10-8-7-9-11(14)2/h7-10H,6H2,1-5H3,(H,17,18,19). The number of nitrogens with zero attached hydrogens (tertiary/aromatic N) is 3.